The normalized spacial score (nSPS) is 17.3. The highest BCUT2D eigenvalue weighted by atomic mass is 19.1. The molecule has 6 nitrogen and oxygen atoms in total. The highest BCUT2D eigenvalue weighted by Gasteiger charge is 2.26. The molecule has 1 saturated carbocycles. The zero-order valence-corrected chi connectivity index (χ0v) is 14.8. The summed E-state index contributed by atoms with van der Waals surface area (Å²) in [5.74, 6) is 0.206. The number of halogens is 1. The van der Waals surface area contributed by atoms with Gasteiger partial charge in [-0.1, -0.05) is 12.1 Å². The van der Waals surface area contributed by atoms with Gasteiger partial charge in [0.05, 0.1) is 5.69 Å². The Morgan fingerprint density at radius 1 is 1.15 bits per heavy atom. The number of para-hydroxylation sites is 1. The van der Waals surface area contributed by atoms with Crippen molar-refractivity contribution in [3.05, 3.63) is 47.5 Å². The van der Waals surface area contributed by atoms with E-state index in [4.69, 9.17) is 0 Å². The van der Waals surface area contributed by atoms with E-state index >= 15 is 0 Å². The Labute approximate surface area is 152 Å². The summed E-state index contributed by atoms with van der Waals surface area (Å²) in [6.45, 7) is 4.16. The van der Waals surface area contributed by atoms with E-state index in [-0.39, 0.29) is 11.7 Å². The first-order valence-corrected chi connectivity index (χ1v) is 9.01. The molecule has 1 aliphatic carbocycles. The van der Waals surface area contributed by atoms with Gasteiger partial charge in [-0.2, -0.15) is 0 Å². The maximum Gasteiger partial charge on any atom is 0.272 e. The molecule has 0 bridgehead atoms. The maximum absolute atomic E-state index is 13.9. The minimum absolute atomic E-state index is 0.0949. The molecule has 26 heavy (non-hydrogen) atoms. The largest absolute Gasteiger partial charge is 0.366 e. The molecule has 0 atom stereocenters. The fourth-order valence-corrected chi connectivity index (χ4v) is 3.17. The summed E-state index contributed by atoms with van der Waals surface area (Å²) in [5, 5.41) is 3.25. The molecule has 1 aromatic carbocycles. The Hall–Kier alpha value is -2.70. The van der Waals surface area contributed by atoms with Crippen LogP contribution in [-0.2, 0) is 0 Å². The first-order valence-electron chi connectivity index (χ1n) is 9.01. The molecule has 4 rings (SSSR count). The molecular weight excluding hydrogens is 333 g/mol. The monoisotopic (exact) mass is 355 g/mol. The molecule has 0 unspecified atom stereocenters. The van der Waals surface area contributed by atoms with Crippen molar-refractivity contribution in [1.82, 2.24) is 14.9 Å². The molecular formula is C19H22FN5O. The molecule has 1 aliphatic heterocycles. The molecule has 1 N–H and O–H groups in total. The topological polar surface area (TPSA) is 61.4 Å². The number of carbonyl (C=O) groups excluding carboxylic acids is 1. The smallest absolute Gasteiger partial charge is 0.272 e. The lowest BCUT2D eigenvalue weighted by Crippen LogP contribution is -2.49. The highest BCUT2D eigenvalue weighted by molar-refractivity contribution is 5.92. The van der Waals surface area contributed by atoms with Gasteiger partial charge in [0.1, 0.15) is 11.5 Å². The quantitative estimate of drug-likeness (QED) is 0.913. The molecule has 1 amide bonds. The molecule has 136 valence electrons. The Kier molecular flexibility index (Phi) is 4.44. The van der Waals surface area contributed by atoms with Crippen LogP contribution in [0.3, 0.4) is 0 Å². The fraction of sp³-hybridized carbons (Fsp3) is 0.421. The number of carbonyl (C=O) groups is 1. The van der Waals surface area contributed by atoms with Crippen molar-refractivity contribution in [2.24, 2.45) is 0 Å². The molecule has 2 aromatic rings. The van der Waals surface area contributed by atoms with E-state index in [1.807, 2.05) is 17.9 Å². The van der Waals surface area contributed by atoms with Gasteiger partial charge in [-0.3, -0.25) is 4.79 Å². The second-order valence-electron chi connectivity index (χ2n) is 6.87. The third-order valence-corrected chi connectivity index (χ3v) is 4.74. The van der Waals surface area contributed by atoms with Crippen LogP contribution in [0.5, 0.6) is 0 Å². The van der Waals surface area contributed by atoms with Crippen LogP contribution < -0.4 is 10.2 Å². The zero-order valence-electron chi connectivity index (χ0n) is 14.8. The number of piperazine rings is 1. The van der Waals surface area contributed by atoms with Crippen LogP contribution in [0.25, 0.3) is 0 Å². The SMILES string of the molecule is Cc1cc(C(=O)N2CCN(c3ccccc3F)CC2)nc(NC2CC2)n1. The molecule has 1 saturated heterocycles. The summed E-state index contributed by atoms with van der Waals surface area (Å²) >= 11 is 0. The average molecular weight is 355 g/mol. The molecule has 2 fully saturated rings. The number of hydrogen-bond acceptors (Lipinski definition) is 5. The van der Waals surface area contributed by atoms with E-state index in [2.05, 4.69) is 15.3 Å². The van der Waals surface area contributed by atoms with Gasteiger partial charge < -0.3 is 15.1 Å². The first-order chi connectivity index (χ1) is 12.6. The highest BCUT2D eigenvalue weighted by Crippen LogP contribution is 2.24. The Balaban J connectivity index is 1.43. The summed E-state index contributed by atoms with van der Waals surface area (Å²) in [7, 11) is 0. The van der Waals surface area contributed by atoms with E-state index < -0.39 is 0 Å². The lowest BCUT2D eigenvalue weighted by atomic mass is 10.2. The summed E-state index contributed by atoms with van der Waals surface area (Å²) in [6.07, 6.45) is 2.25. The second kappa shape index (κ2) is 6.90. The summed E-state index contributed by atoms with van der Waals surface area (Å²) in [5.41, 5.74) is 1.78. The van der Waals surface area contributed by atoms with E-state index in [9.17, 15) is 9.18 Å². The molecule has 2 heterocycles. The number of aryl methyl sites for hydroxylation is 1. The second-order valence-corrected chi connectivity index (χ2v) is 6.87. The van der Waals surface area contributed by atoms with E-state index in [1.165, 1.54) is 6.07 Å². The van der Waals surface area contributed by atoms with Gasteiger partial charge in [-0.25, -0.2) is 14.4 Å². The molecule has 0 radical (unpaired) electrons. The number of nitrogens with one attached hydrogen (secondary N) is 1. The van der Waals surface area contributed by atoms with Crippen molar-refractivity contribution in [1.29, 1.82) is 0 Å². The molecule has 0 spiro atoms. The third-order valence-electron chi connectivity index (χ3n) is 4.74. The fourth-order valence-electron chi connectivity index (χ4n) is 3.17. The zero-order chi connectivity index (χ0) is 18.1. The summed E-state index contributed by atoms with van der Waals surface area (Å²) < 4.78 is 13.9. The number of aromatic nitrogens is 2. The van der Waals surface area contributed by atoms with Crippen molar-refractivity contribution in [2.45, 2.75) is 25.8 Å². The lowest BCUT2D eigenvalue weighted by molar-refractivity contribution is 0.0740. The van der Waals surface area contributed by atoms with Gasteiger partial charge in [0.2, 0.25) is 5.95 Å². The minimum atomic E-state index is -0.227. The average Bonchev–Trinajstić information content (AvgIpc) is 3.45. The number of anilines is 2. The summed E-state index contributed by atoms with van der Waals surface area (Å²) in [6, 6.07) is 8.91. The minimum Gasteiger partial charge on any atom is -0.366 e. The Morgan fingerprint density at radius 3 is 2.58 bits per heavy atom. The van der Waals surface area contributed by atoms with E-state index in [1.54, 1.807) is 23.1 Å². The third kappa shape index (κ3) is 3.61. The van der Waals surface area contributed by atoms with Gasteiger partial charge in [0, 0.05) is 37.9 Å². The van der Waals surface area contributed by atoms with Crippen LogP contribution in [0.1, 0.15) is 29.0 Å². The van der Waals surface area contributed by atoms with E-state index in [0.717, 1.165) is 18.5 Å². The Morgan fingerprint density at radius 2 is 1.88 bits per heavy atom. The van der Waals surface area contributed by atoms with Gasteiger partial charge >= 0.3 is 0 Å². The number of nitrogens with zero attached hydrogens (tertiary/aromatic N) is 4. The van der Waals surface area contributed by atoms with Crippen LogP contribution in [0.15, 0.2) is 30.3 Å². The van der Waals surface area contributed by atoms with Crippen molar-refractivity contribution in [3.63, 3.8) is 0 Å². The maximum atomic E-state index is 13.9. The van der Waals surface area contributed by atoms with Crippen LogP contribution >= 0.6 is 0 Å². The van der Waals surface area contributed by atoms with Gasteiger partial charge in [0.25, 0.3) is 5.91 Å². The van der Waals surface area contributed by atoms with Crippen molar-refractivity contribution in [3.8, 4) is 0 Å². The Bertz CT molecular complexity index is 815. The predicted octanol–water partition coefficient (Wildman–Crippen LogP) is 2.46. The number of amides is 1. The standard InChI is InChI=1S/C19H22FN5O/c1-13-12-16(23-19(21-13)22-14-6-7-14)18(26)25-10-8-24(9-11-25)17-5-3-2-4-15(17)20/h2-5,12,14H,6-11H2,1H3,(H,21,22,23). The number of benzene rings is 1. The van der Waals surface area contributed by atoms with Crippen LogP contribution in [0.4, 0.5) is 16.0 Å². The number of rotatable bonds is 4. The molecule has 1 aromatic heterocycles. The van der Waals surface area contributed by atoms with Crippen molar-refractivity contribution >= 4 is 17.5 Å². The number of hydrogen-bond donors (Lipinski definition) is 1. The molecule has 2 aliphatic rings. The molecule has 7 heteroatoms. The lowest BCUT2D eigenvalue weighted by Gasteiger charge is -2.36. The van der Waals surface area contributed by atoms with Gasteiger partial charge in [0.15, 0.2) is 0 Å². The predicted molar refractivity (Wildman–Crippen MR) is 97.9 cm³/mol. The van der Waals surface area contributed by atoms with Crippen LogP contribution in [0, 0.1) is 12.7 Å². The van der Waals surface area contributed by atoms with Crippen LogP contribution in [0.2, 0.25) is 0 Å². The summed E-state index contributed by atoms with van der Waals surface area (Å²) in [4.78, 5) is 25.3. The van der Waals surface area contributed by atoms with E-state index in [0.29, 0.717) is 49.6 Å². The van der Waals surface area contributed by atoms with Gasteiger partial charge in [-0.15, -0.1) is 0 Å². The first kappa shape index (κ1) is 16.8. The van der Waals surface area contributed by atoms with Crippen LogP contribution in [-0.4, -0.2) is 53.0 Å². The van der Waals surface area contributed by atoms with Gasteiger partial charge in [-0.05, 0) is 38.0 Å². The van der Waals surface area contributed by atoms with Crippen molar-refractivity contribution < 1.29 is 9.18 Å². The van der Waals surface area contributed by atoms with Crippen molar-refractivity contribution in [2.75, 3.05) is 36.4 Å².